The van der Waals surface area contributed by atoms with Crippen molar-refractivity contribution in [1.82, 2.24) is 4.90 Å². The summed E-state index contributed by atoms with van der Waals surface area (Å²) in [5, 5.41) is 9.34. The van der Waals surface area contributed by atoms with E-state index in [1.807, 2.05) is 12.1 Å². The van der Waals surface area contributed by atoms with Crippen LogP contribution in [-0.2, 0) is 4.79 Å². The average Bonchev–Trinajstić information content (AvgIpc) is 2.80. The predicted molar refractivity (Wildman–Crippen MR) is 83.8 cm³/mol. The molecule has 1 saturated carbocycles. The molecule has 5 heteroatoms. The molecule has 0 atom stereocenters. The summed E-state index contributed by atoms with van der Waals surface area (Å²) in [6.45, 7) is 0.978. The number of anilines is 1. The summed E-state index contributed by atoms with van der Waals surface area (Å²) >= 11 is 0. The zero-order valence-electron chi connectivity index (χ0n) is 12.7. The monoisotopic (exact) mass is 302 g/mol. The van der Waals surface area contributed by atoms with Crippen LogP contribution in [0.2, 0.25) is 0 Å². The lowest BCUT2D eigenvalue weighted by Crippen LogP contribution is -2.47. The van der Waals surface area contributed by atoms with Gasteiger partial charge >= 0.3 is 5.91 Å². The van der Waals surface area contributed by atoms with Gasteiger partial charge in [-0.15, -0.1) is 0 Å². The van der Waals surface area contributed by atoms with Crippen LogP contribution >= 0.6 is 0 Å². The fourth-order valence-corrected chi connectivity index (χ4v) is 3.51. The number of aliphatic hydroxyl groups excluding tert-OH is 1. The largest absolute Gasteiger partial charge is 0.395 e. The molecule has 1 aliphatic carbocycles. The number of nitrogens with zero attached hydrogens (tertiary/aromatic N) is 2. The molecule has 0 spiro atoms. The van der Waals surface area contributed by atoms with Gasteiger partial charge in [-0.05, 0) is 25.0 Å². The van der Waals surface area contributed by atoms with Crippen molar-refractivity contribution >= 4 is 17.4 Å². The lowest BCUT2D eigenvalue weighted by molar-refractivity contribution is -0.114. The highest BCUT2D eigenvalue weighted by atomic mass is 16.3. The standard InChI is InChI=1S/C17H22N2O3/c20-11-10-18(13-6-2-1-3-7-13)12-19-15-9-5-4-8-14(15)16(21)17(19)22/h4-5,8-9,13,20H,1-3,6-7,10-12H2. The maximum absolute atomic E-state index is 12.3. The van der Waals surface area contributed by atoms with Gasteiger partial charge in [0.05, 0.1) is 24.5 Å². The number of carbonyl (C=O) groups is 2. The maximum Gasteiger partial charge on any atom is 0.300 e. The highest BCUT2D eigenvalue weighted by Gasteiger charge is 2.37. The second-order valence-electron chi connectivity index (χ2n) is 6.05. The Kier molecular flexibility index (Phi) is 4.55. The number of aliphatic hydroxyl groups is 1. The number of fused-ring (bicyclic) bond motifs is 1. The van der Waals surface area contributed by atoms with E-state index in [4.69, 9.17) is 0 Å². The number of rotatable bonds is 5. The minimum absolute atomic E-state index is 0.0636. The number of carbonyl (C=O) groups excluding carboxylic acids is 2. The average molecular weight is 302 g/mol. The number of benzene rings is 1. The molecule has 1 fully saturated rings. The quantitative estimate of drug-likeness (QED) is 0.843. The first-order valence-corrected chi connectivity index (χ1v) is 8.02. The number of ketones is 1. The first kappa shape index (κ1) is 15.2. The van der Waals surface area contributed by atoms with Gasteiger partial charge in [0.2, 0.25) is 0 Å². The fraction of sp³-hybridized carbons (Fsp3) is 0.529. The minimum Gasteiger partial charge on any atom is -0.395 e. The van der Waals surface area contributed by atoms with E-state index in [9.17, 15) is 14.7 Å². The molecular formula is C17H22N2O3. The number of para-hydroxylation sites is 1. The van der Waals surface area contributed by atoms with Crippen molar-refractivity contribution in [3.8, 4) is 0 Å². The summed E-state index contributed by atoms with van der Waals surface area (Å²) in [5.41, 5.74) is 1.18. The smallest absolute Gasteiger partial charge is 0.300 e. The molecule has 1 aromatic rings. The molecule has 0 saturated heterocycles. The molecule has 0 radical (unpaired) electrons. The van der Waals surface area contributed by atoms with E-state index in [0.29, 0.717) is 30.5 Å². The number of hydrogen-bond acceptors (Lipinski definition) is 4. The maximum atomic E-state index is 12.3. The van der Waals surface area contributed by atoms with Crippen LogP contribution in [0.5, 0.6) is 0 Å². The number of hydrogen-bond donors (Lipinski definition) is 1. The van der Waals surface area contributed by atoms with E-state index in [0.717, 1.165) is 12.8 Å². The van der Waals surface area contributed by atoms with Gasteiger partial charge in [-0.25, -0.2) is 0 Å². The minimum atomic E-state index is -0.458. The molecule has 1 aliphatic heterocycles. The van der Waals surface area contributed by atoms with E-state index in [1.165, 1.54) is 19.3 Å². The summed E-state index contributed by atoms with van der Waals surface area (Å²) in [4.78, 5) is 28.0. The molecule has 1 N–H and O–H groups in total. The summed E-state index contributed by atoms with van der Waals surface area (Å²) in [5.74, 6) is -0.886. The summed E-state index contributed by atoms with van der Waals surface area (Å²) in [6.07, 6.45) is 5.83. The Morgan fingerprint density at radius 1 is 1.14 bits per heavy atom. The molecule has 1 amide bonds. The third kappa shape index (κ3) is 2.78. The van der Waals surface area contributed by atoms with E-state index in [2.05, 4.69) is 4.90 Å². The molecule has 1 heterocycles. The van der Waals surface area contributed by atoms with Crippen LogP contribution in [0.25, 0.3) is 0 Å². The molecule has 22 heavy (non-hydrogen) atoms. The predicted octanol–water partition coefficient (Wildman–Crippen LogP) is 1.80. The molecule has 2 aliphatic rings. The fourth-order valence-electron chi connectivity index (χ4n) is 3.51. The molecule has 118 valence electrons. The van der Waals surface area contributed by atoms with E-state index in [-0.39, 0.29) is 6.61 Å². The van der Waals surface area contributed by atoms with Gasteiger partial charge in [0.15, 0.2) is 0 Å². The van der Waals surface area contributed by atoms with Crippen molar-refractivity contribution in [2.45, 2.75) is 38.1 Å². The number of amides is 1. The topological polar surface area (TPSA) is 60.9 Å². The van der Waals surface area contributed by atoms with Crippen molar-refractivity contribution in [3.63, 3.8) is 0 Å². The molecule has 5 nitrogen and oxygen atoms in total. The second-order valence-corrected chi connectivity index (χ2v) is 6.05. The normalized spacial score (nSPS) is 19.1. The van der Waals surface area contributed by atoms with Crippen LogP contribution in [0.3, 0.4) is 0 Å². The first-order chi connectivity index (χ1) is 10.7. The number of Topliss-reactive ketones (excluding diaryl/α,β-unsaturated/α-hetero) is 1. The Morgan fingerprint density at radius 3 is 2.59 bits per heavy atom. The Hall–Kier alpha value is -1.72. The molecule has 3 rings (SSSR count). The second kappa shape index (κ2) is 6.58. The van der Waals surface area contributed by atoms with Crippen LogP contribution in [0.4, 0.5) is 5.69 Å². The van der Waals surface area contributed by atoms with Gasteiger partial charge in [0.25, 0.3) is 5.78 Å². The van der Waals surface area contributed by atoms with Crippen LogP contribution in [0.1, 0.15) is 42.5 Å². The van der Waals surface area contributed by atoms with Crippen LogP contribution in [0.15, 0.2) is 24.3 Å². The van der Waals surface area contributed by atoms with E-state index >= 15 is 0 Å². The molecular weight excluding hydrogens is 280 g/mol. The van der Waals surface area contributed by atoms with Gasteiger partial charge in [0, 0.05) is 12.6 Å². The van der Waals surface area contributed by atoms with Crippen molar-refractivity contribution < 1.29 is 14.7 Å². The Bertz CT molecular complexity index is 567. The Labute approximate surface area is 130 Å². The van der Waals surface area contributed by atoms with Gasteiger partial charge in [-0.3, -0.25) is 19.4 Å². The van der Waals surface area contributed by atoms with Crippen molar-refractivity contribution in [3.05, 3.63) is 29.8 Å². The van der Waals surface area contributed by atoms with Gasteiger partial charge in [-0.1, -0.05) is 31.4 Å². The zero-order valence-corrected chi connectivity index (χ0v) is 12.7. The van der Waals surface area contributed by atoms with Crippen LogP contribution in [-0.4, -0.2) is 47.6 Å². The zero-order chi connectivity index (χ0) is 15.5. The van der Waals surface area contributed by atoms with E-state index < -0.39 is 11.7 Å². The first-order valence-electron chi connectivity index (χ1n) is 8.02. The van der Waals surface area contributed by atoms with E-state index in [1.54, 1.807) is 17.0 Å². The molecule has 1 aromatic carbocycles. The molecule has 0 unspecified atom stereocenters. The summed E-state index contributed by atoms with van der Waals surface area (Å²) < 4.78 is 0. The van der Waals surface area contributed by atoms with Gasteiger partial charge < -0.3 is 5.11 Å². The highest BCUT2D eigenvalue weighted by Crippen LogP contribution is 2.30. The van der Waals surface area contributed by atoms with Crippen molar-refractivity contribution in [1.29, 1.82) is 0 Å². The van der Waals surface area contributed by atoms with Crippen LogP contribution in [0, 0.1) is 0 Å². The third-order valence-electron chi connectivity index (χ3n) is 4.68. The SMILES string of the molecule is O=C1C(=O)N(CN(CCO)C2CCCCC2)c2ccccc21. The summed E-state index contributed by atoms with van der Waals surface area (Å²) in [6, 6.07) is 7.52. The van der Waals surface area contributed by atoms with Gasteiger partial charge in [-0.2, -0.15) is 0 Å². The lowest BCUT2D eigenvalue weighted by Gasteiger charge is -2.36. The Balaban J connectivity index is 1.80. The van der Waals surface area contributed by atoms with Crippen molar-refractivity contribution in [2.24, 2.45) is 0 Å². The van der Waals surface area contributed by atoms with Crippen molar-refractivity contribution in [2.75, 3.05) is 24.7 Å². The van der Waals surface area contributed by atoms with Gasteiger partial charge in [0.1, 0.15) is 0 Å². The lowest BCUT2D eigenvalue weighted by atomic mass is 9.94. The molecule has 0 aromatic heterocycles. The van der Waals surface area contributed by atoms with Crippen LogP contribution < -0.4 is 4.90 Å². The molecule has 0 bridgehead atoms. The highest BCUT2D eigenvalue weighted by molar-refractivity contribution is 6.52. The Morgan fingerprint density at radius 2 is 1.86 bits per heavy atom. The summed E-state index contributed by atoms with van der Waals surface area (Å²) in [7, 11) is 0. The third-order valence-corrected chi connectivity index (χ3v) is 4.68.